The predicted octanol–water partition coefficient (Wildman–Crippen LogP) is 3.08. The van der Waals surface area contributed by atoms with Gasteiger partial charge < -0.3 is 4.90 Å². The first-order valence-corrected chi connectivity index (χ1v) is 5.86. The number of carbonyl (C=O) groups excluding carboxylic acids is 1. The van der Waals surface area contributed by atoms with E-state index in [2.05, 4.69) is 22.9 Å². The quantitative estimate of drug-likeness (QED) is 0.709. The van der Waals surface area contributed by atoms with E-state index in [1.165, 1.54) is 0 Å². The number of likely N-dealkylation sites (tertiary alicyclic amines) is 1. The molecule has 3 heteroatoms. The van der Waals surface area contributed by atoms with Crippen molar-refractivity contribution in [2.24, 2.45) is 0 Å². The molecule has 1 amide bonds. The average molecular weight is 270 g/mol. The zero-order valence-corrected chi connectivity index (χ0v) is 10.7. The molecule has 2 rings (SSSR count). The molecule has 0 aromatic heterocycles. The van der Waals surface area contributed by atoms with Crippen LogP contribution in [-0.2, 0) is 4.79 Å². The highest BCUT2D eigenvalue weighted by Crippen LogP contribution is 2.14. The van der Waals surface area contributed by atoms with Gasteiger partial charge in [-0.3, -0.25) is 4.79 Å². The number of nitrogens with zero attached hydrogens (tertiary/aromatic N) is 1. The Balaban J connectivity index is 0.000000151. The van der Waals surface area contributed by atoms with Crippen LogP contribution in [0.2, 0.25) is 0 Å². The number of halogens is 1. The molecule has 1 saturated heterocycles. The van der Waals surface area contributed by atoms with Gasteiger partial charge in [0.25, 0.3) is 0 Å². The third-order valence-corrected chi connectivity index (χ3v) is 3.09. The second-order valence-electron chi connectivity index (χ2n) is 3.69. The SMILES string of the molecule is Brc1ccccc1.CC1CCC(=O)N1C. The summed E-state index contributed by atoms with van der Waals surface area (Å²) in [5.41, 5.74) is 0. The molecule has 15 heavy (non-hydrogen) atoms. The van der Waals surface area contributed by atoms with E-state index in [1.54, 1.807) is 4.90 Å². The normalized spacial score (nSPS) is 19.8. The fourth-order valence-corrected chi connectivity index (χ4v) is 1.67. The van der Waals surface area contributed by atoms with Crippen LogP contribution in [0.15, 0.2) is 34.8 Å². The Bertz CT molecular complexity index is 313. The first kappa shape index (κ1) is 12.2. The van der Waals surface area contributed by atoms with Crippen LogP contribution in [0, 0.1) is 0 Å². The van der Waals surface area contributed by atoms with E-state index in [0.29, 0.717) is 6.04 Å². The molecule has 82 valence electrons. The van der Waals surface area contributed by atoms with Crippen molar-refractivity contribution in [2.45, 2.75) is 25.8 Å². The number of hydrogen-bond acceptors (Lipinski definition) is 1. The van der Waals surface area contributed by atoms with Crippen LogP contribution < -0.4 is 0 Å². The largest absolute Gasteiger partial charge is 0.343 e. The number of hydrogen-bond donors (Lipinski definition) is 0. The highest BCUT2D eigenvalue weighted by atomic mass is 79.9. The third kappa shape index (κ3) is 4.04. The molecule has 0 N–H and O–H groups in total. The molecule has 1 aliphatic heterocycles. The van der Waals surface area contributed by atoms with Crippen molar-refractivity contribution in [3.05, 3.63) is 34.8 Å². The van der Waals surface area contributed by atoms with Crippen LogP contribution >= 0.6 is 15.9 Å². The van der Waals surface area contributed by atoms with Crippen molar-refractivity contribution >= 4 is 21.8 Å². The predicted molar refractivity (Wildman–Crippen MR) is 65.6 cm³/mol. The molecule has 0 bridgehead atoms. The number of amides is 1. The van der Waals surface area contributed by atoms with Crippen molar-refractivity contribution in [1.82, 2.24) is 4.90 Å². The second-order valence-corrected chi connectivity index (χ2v) is 4.60. The van der Waals surface area contributed by atoms with Gasteiger partial charge >= 0.3 is 0 Å². The molecule has 1 heterocycles. The summed E-state index contributed by atoms with van der Waals surface area (Å²) in [7, 11) is 1.86. The summed E-state index contributed by atoms with van der Waals surface area (Å²) in [5.74, 6) is 0.289. The van der Waals surface area contributed by atoms with Gasteiger partial charge in [-0.1, -0.05) is 34.1 Å². The number of benzene rings is 1. The molecule has 2 nitrogen and oxygen atoms in total. The summed E-state index contributed by atoms with van der Waals surface area (Å²) in [4.78, 5) is 12.5. The van der Waals surface area contributed by atoms with E-state index in [-0.39, 0.29) is 5.91 Å². The fraction of sp³-hybridized carbons (Fsp3) is 0.417. The maximum atomic E-state index is 10.7. The van der Waals surface area contributed by atoms with Crippen molar-refractivity contribution in [3.63, 3.8) is 0 Å². The Hall–Kier alpha value is -0.830. The Morgan fingerprint density at radius 1 is 1.33 bits per heavy atom. The molecule has 0 saturated carbocycles. The van der Waals surface area contributed by atoms with E-state index in [0.717, 1.165) is 17.3 Å². The van der Waals surface area contributed by atoms with Crippen LogP contribution in [0.5, 0.6) is 0 Å². The first-order valence-electron chi connectivity index (χ1n) is 5.07. The van der Waals surface area contributed by atoms with Crippen LogP contribution in [0.25, 0.3) is 0 Å². The minimum atomic E-state index is 0.289. The zero-order valence-electron chi connectivity index (χ0n) is 9.11. The summed E-state index contributed by atoms with van der Waals surface area (Å²) < 4.78 is 1.13. The Kier molecular flexibility index (Phi) is 4.82. The monoisotopic (exact) mass is 269 g/mol. The first-order chi connectivity index (χ1) is 7.11. The third-order valence-electron chi connectivity index (χ3n) is 2.56. The fourth-order valence-electron chi connectivity index (χ4n) is 1.36. The minimum Gasteiger partial charge on any atom is -0.343 e. The van der Waals surface area contributed by atoms with Crippen molar-refractivity contribution in [1.29, 1.82) is 0 Å². The van der Waals surface area contributed by atoms with Gasteiger partial charge in [0, 0.05) is 24.0 Å². The smallest absolute Gasteiger partial charge is 0.222 e. The number of carbonyl (C=O) groups is 1. The summed E-state index contributed by atoms with van der Waals surface area (Å²) in [6.07, 6.45) is 1.78. The van der Waals surface area contributed by atoms with Crippen LogP contribution in [0.4, 0.5) is 0 Å². The van der Waals surface area contributed by atoms with Gasteiger partial charge in [0.2, 0.25) is 5.91 Å². The summed E-state index contributed by atoms with van der Waals surface area (Å²) >= 11 is 3.31. The molecule has 0 radical (unpaired) electrons. The standard InChI is InChI=1S/C6H5Br.C6H11NO/c7-6-4-2-1-3-5-6;1-5-3-4-6(8)7(5)2/h1-5H;5H,3-4H2,1-2H3. The lowest BCUT2D eigenvalue weighted by Gasteiger charge is -2.13. The second kappa shape index (κ2) is 5.91. The summed E-state index contributed by atoms with van der Waals surface area (Å²) in [6, 6.07) is 10.4. The Morgan fingerprint density at radius 2 is 1.93 bits per heavy atom. The molecule has 1 aromatic rings. The molecule has 1 aromatic carbocycles. The van der Waals surface area contributed by atoms with Crippen LogP contribution in [0.1, 0.15) is 19.8 Å². The lowest BCUT2D eigenvalue weighted by atomic mass is 10.2. The molecule has 0 spiro atoms. The number of rotatable bonds is 0. The van der Waals surface area contributed by atoms with E-state index >= 15 is 0 Å². The molecule has 1 aliphatic rings. The summed E-state index contributed by atoms with van der Waals surface area (Å²) in [6.45, 7) is 2.07. The maximum Gasteiger partial charge on any atom is 0.222 e. The van der Waals surface area contributed by atoms with Crippen molar-refractivity contribution in [2.75, 3.05) is 7.05 Å². The Morgan fingerprint density at radius 3 is 2.13 bits per heavy atom. The molecular weight excluding hydrogens is 254 g/mol. The molecule has 0 aliphatic carbocycles. The van der Waals surface area contributed by atoms with Gasteiger partial charge in [0.1, 0.15) is 0 Å². The van der Waals surface area contributed by atoms with Gasteiger partial charge in [-0.15, -0.1) is 0 Å². The van der Waals surface area contributed by atoms with Crippen molar-refractivity contribution < 1.29 is 4.79 Å². The van der Waals surface area contributed by atoms with Gasteiger partial charge in [0.15, 0.2) is 0 Å². The van der Waals surface area contributed by atoms with E-state index in [1.807, 2.05) is 37.4 Å². The van der Waals surface area contributed by atoms with Gasteiger partial charge in [-0.25, -0.2) is 0 Å². The molecule has 1 atom stereocenters. The van der Waals surface area contributed by atoms with Gasteiger partial charge in [-0.05, 0) is 25.5 Å². The minimum absolute atomic E-state index is 0.289. The molecular formula is C12H16BrNO. The van der Waals surface area contributed by atoms with E-state index in [9.17, 15) is 4.79 Å². The van der Waals surface area contributed by atoms with Crippen molar-refractivity contribution in [3.8, 4) is 0 Å². The van der Waals surface area contributed by atoms with E-state index < -0.39 is 0 Å². The zero-order chi connectivity index (χ0) is 11.3. The van der Waals surface area contributed by atoms with Gasteiger partial charge in [0.05, 0.1) is 0 Å². The highest BCUT2D eigenvalue weighted by Gasteiger charge is 2.22. The molecule has 1 fully saturated rings. The Labute approximate surface area is 99.4 Å². The van der Waals surface area contributed by atoms with Crippen LogP contribution in [0.3, 0.4) is 0 Å². The van der Waals surface area contributed by atoms with Gasteiger partial charge in [-0.2, -0.15) is 0 Å². The maximum absolute atomic E-state index is 10.7. The topological polar surface area (TPSA) is 20.3 Å². The van der Waals surface area contributed by atoms with E-state index in [4.69, 9.17) is 0 Å². The molecule has 1 unspecified atom stereocenters. The highest BCUT2D eigenvalue weighted by molar-refractivity contribution is 9.10. The summed E-state index contributed by atoms with van der Waals surface area (Å²) in [5, 5.41) is 0. The lowest BCUT2D eigenvalue weighted by Crippen LogP contribution is -2.25. The average Bonchev–Trinajstić information content (AvgIpc) is 2.52. The lowest BCUT2D eigenvalue weighted by molar-refractivity contribution is -0.127. The van der Waals surface area contributed by atoms with Crippen LogP contribution in [-0.4, -0.2) is 23.9 Å².